The van der Waals surface area contributed by atoms with Gasteiger partial charge in [-0.2, -0.15) is 11.8 Å². The van der Waals surface area contributed by atoms with Gasteiger partial charge < -0.3 is 5.32 Å². The van der Waals surface area contributed by atoms with Crippen LogP contribution in [0.3, 0.4) is 0 Å². The van der Waals surface area contributed by atoms with Gasteiger partial charge in [0.15, 0.2) is 0 Å². The normalized spacial score (nSPS) is 13.2. The molecule has 0 aromatic carbocycles. The van der Waals surface area contributed by atoms with E-state index in [-0.39, 0.29) is 0 Å². The van der Waals surface area contributed by atoms with Crippen LogP contribution < -0.4 is 5.32 Å². The molecule has 0 fully saturated rings. The minimum Gasteiger partial charge on any atom is -0.314 e. The molecule has 0 spiro atoms. The average Bonchev–Trinajstić information content (AvgIpc) is 2.14. The average molecular weight is 203 g/mol. The largest absolute Gasteiger partial charge is 0.314 e. The fraction of sp³-hybridized carbons (Fsp3) is 1.00. The van der Waals surface area contributed by atoms with E-state index in [4.69, 9.17) is 0 Å². The summed E-state index contributed by atoms with van der Waals surface area (Å²) in [4.78, 5) is 0. The molecule has 0 bridgehead atoms. The summed E-state index contributed by atoms with van der Waals surface area (Å²) in [5.41, 5.74) is 0. The second-order valence-corrected chi connectivity index (χ2v) is 4.68. The SMILES string of the molecule is CCCCCCNC(C)CCSC. The van der Waals surface area contributed by atoms with Gasteiger partial charge in [0.1, 0.15) is 0 Å². The van der Waals surface area contributed by atoms with Crippen LogP contribution in [0.1, 0.15) is 46.0 Å². The van der Waals surface area contributed by atoms with E-state index >= 15 is 0 Å². The molecule has 0 radical (unpaired) electrons. The highest BCUT2D eigenvalue weighted by Gasteiger charge is 1.98. The molecule has 0 aliphatic rings. The number of nitrogens with one attached hydrogen (secondary N) is 1. The molecule has 0 aromatic rings. The first-order valence-corrected chi connectivity index (χ1v) is 6.93. The van der Waals surface area contributed by atoms with Crippen molar-refractivity contribution in [2.75, 3.05) is 18.6 Å². The maximum Gasteiger partial charge on any atom is 0.00465 e. The Morgan fingerprint density at radius 2 is 2.00 bits per heavy atom. The predicted octanol–water partition coefficient (Wildman–Crippen LogP) is 3.30. The molecule has 1 atom stereocenters. The lowest BCUT2D eigenvalue weighted by atomic mass is 10.2. The van der Waals surface area contributed by atoms with Crippen molar-refractivity contribution in [1.29, 1.82) is 0 Å². The summed E-state index contributed by atoms with van der Waals surface area (Å²) in [6, 6.07) is 0.703. The molecular weight excluding hydrogens is 178 g/mol. The minimum absolute atomic E-state index is 0.703. The molecule has 0 aromatic heterocycles. The number of thioether (sulfide) groups is 1. The molecule has 0 saturated carbocycles. The topological polar surface area (TPSA) is 12.0 Å². The molecule has 1 N–H and O–H groups in total. The molecular formula is C11H25NS. The molecule has 0 aliphatic carbocycles. The zero-order chi connectivity index (χ0) is 9.94. The van der Waals surface area contributed by atoms with Crippen LogP contribution in [0.25, 0.3) is 0 Å². The van der Waals surface area contributed by atoms with Crippen molar-refractivity contribution in [1.82, 2.24) is 5.32 Å². The summed E-state index contributed by atoms with van der Waals surface area (Å²) < 4.78 is 0. The van der Waals surface area contributed by atoms with Crippen molar-refractivity contribution in [2.24, 2.45) is 0 Å². The minimum atomic E-state index is 0.703. The van der Waals surface area contributed by atoms with Crippen molar-refractivity contribution in [3.63, 3.8) is 0 Å². The smallest absolute Gasteiger partial charge is 0.00465 e. The van der Waals surface area contributed by atoms with Crippen molar-refractivity contribution in [2.45, 2.75) is 52.0 Å². The summed E-state index contributed by atoms with van der Waals surface area (Å²) >= 11 is 1.94. The third-order valence-electron chi connectivity index (χ3n) is 2.28. The van der Waals surface area contributed by atoms with Crippen LogP contribution in [0, 0.1) is 0 Å². The molecule has 0 rings (SSSR count). The summed E-state index contributed by atoms with van der Waals surface area (Å²) in [5.74, 6) is 1.28. The molecule has 1 unspecified atom stereocenters. The molecule has 0 aliphatic heterocycles. The van der Waals surface area contributed by atoms with E-state index in [0.717, 1.165) is 0 Å². The molecule has 0 heterocycles. The van der Waals surface area contributed by atoms with E-state index in [2.05, 4.69) is 25.4 Å². The van der Waals surface area contributed by atoms with Crippen LogP contribution >= 0.6 is 11.8 Å². The second kappa shape index (κ2) is 10.4. The Balaban J connectivity index is 3.03. The fourth-order valence-corrected chi connectivity index (χ4v) is 1.89. The first-order chi connectivity index (χ1) is 6.31. The summed E-state index contributed by atoms with van der Waals surface area (Å²) in [6.07, 6.45) is 8.93. The number of rotatable bonds is 9. The van der Waals surface area contributed by atoms with Gasteiger partial charge in [0.25, 0.3) is 0 Å². The van der Waals surface area contributed by atoms with Gasteiger partial charge >= 0.3 is 0 Å². The Morgan fingerprint density at radius 1 is 1.23 bits per heavy atom. The van der Waals surface area contributed by atoms with Gasteiger partial charge in [-0.25, -0.2) is 0 Å². The van der Waals surface area contributed by atoms with Gasteiger partial charge in [-0.3, -0.25) is 0 Å². The Labute approximate surface area is 88.1 Å². The van der Waals surface area contributed by atoms with Crippen molar-refractivity contribution >= 4 is 11.8 Å². The maximum absolute atomic E-state index is 3.56. The highest BCUT2D eigenvalue weighted by Crippen LogP contribution is 2.01. The van der Waals surface area contributed by atoms with Crippen LogP contribution in [0.2, 0.25) is 0 Å². The van der Waals surface area contributed by atoms with Crippen LogP contribution in [0.5, 0.6) is 0 Å². The number of unbranched alkanes of at least 4 members (excludes halogenated alkanes) is 3. The van der Waals surface area contributed by atoms with E-state index in [1.54, 1.807) is 0 Å². The summed E-state index contributed by atoms with van der Waals surface area (Å²) in [6.45, 7) is 5.75. The van der Waals surface area contributed by atoms with Gasteiger partial charge in [-0.15, -0.1) is 0 Å². The first kappa shape index (κ1) is 13.3. The second-order valence-electron chi connectivity index (χ2n) is 3.70. The highest BCUT2D eigenvalue weighted by molar-refractivity contribution is 7.98. The predicted molar refractivity (Wildman–Crippen MR) is 64.6 cm³/mol. The van der Waals surface area contributed by atoms with Crippen LogP contribution in [-0.4, -0.2) is 24.6 Å². The molecule has 0 amide bonds. The third kappa shape index (κ3) is 10.2. The van der Waals surface area contributed by atoms with E-state index < -0.39 is 0 Å². The van der Waals surface area contributed by atoms with Gasteiger partial charge in [0, 0.05) is 6.04 Å². The monoisotopic (exact) mass is 203 g/mol. The fourth-order valence-electron chi connectivity index (χ4n) is 1.30. The van der Waals surface area contributed by atoms with Crippen LogP contribution in [-0.2, 0) is 0 Å². The van der Waals surface area contributed by atoms with Crippen molar-refractivity contribution in [3.8, 4) is 0 Å². The van der Waals surface area contributed by atoms with Crippen LogP contribution in [0.15, 0.2) is 0 Å². The lowest BCUT2D eigenvalue weighted by molar-refractivity contribution is 0.512. The van der Waals surface area contributed by atoms with E-state index in [0.29, 0.717) is 6.04 Å². The third-order valence-corrected chi connectivity index (χ3v) is 2.92. The molecule has 0 saturated heterocycles. The standard InChI is InChI=1S/C11H25NS/c1-4-5-6-7-9-12-11(2)8-10-13-3/h11-12H,4-10H2,1-3H3. The summed E-state index contributed by atoms with van der Waals surface area (Å²) in [7, 11) is 0. The molecule has 80 valence electrons. The molecule has 13 heavy (non-hydrogen) atoms. The van der Waals surface area contributed by atoms with Crippen LogP contribution in [0.4, 0.5) is 0 Å². The van der Waals surface area contributed by atoms with E-state index in [1.165, 1.54) is 44.4 Å². The van der Waals surface area contributed by atoms with Gasteiger partial charge in [0.05, 0.1) is 0 Å². The van der Waals surface area contributed by atoms with Gasteiger partial charge in [-0.05, 0) is 38.3 Å². The van der Waals surface area contributed by atoms with Gasteiger partial charge in [-0.1, -0.05) is 26.2 Å². The van der Waals surface area contributed by atoms with Crippen molar-refractivity contribution < 1.29 is 0 Å². The Morgan fingerprint density at radius 3 is 2.62 bits per heavy atom. The molecule has 2 heteroatoms. The Bertz CT molecular complexity index is 96.1. The van der Waals surface area contributed by atoms with Crippen molar-refractivity contribution in [3.05, 3.63) is 0 Å². The Hall–Kier alpha value is 0.310. The number of hydrogen-bond donors (Lipinski definition) is 1. The van der Waals surface area contributed by atoms with Gasteiger partial charge in [0.2, 0.25) is 0 Å². The lowest BCUT2D eigenvalue weighted by Crippen LogP contribution is -2.27. The maximum atomic E-state index is 3.56. The molecule has 1 nitrogen and oxygen atoms in total. The zero-order valence-corrected chi connectivity index (χ0v) is 10.3. The lowest BCUT2D eigenvalue weighted by Gasteiger charge is -2.12. The van der Waals surface area contributed by atoms with E-state index in [1.807, 2.05) is 11.8 Å². The summed E-state index contributed by atoms with van der Waals surface area (Å²) in [5, 5.41) is 3.56. The first-order valence-electron chi connectivity index (χ1n) is 5.53. The highest BCUT2D eigenvalue weighted by atomic mass is 32.2. The number of hydrogen-bond acceptors (Lipinski definition) is 2. The van der Waals surface area contributed by atoms with E-state index in [9.17, 15) is 0 Å². The quantitative estimate of drug-likeness (QED) is 0.577. The zero-order valence-electron chi connectivity index (χ0n) is 9.44. The Kier molecular flexibility index (Phi) is 10.6.